The van der Waals surface area contributed by atoms with Crippen LogP contribution in [0.5, 0.6) is 0 Å². The predicted octanol–water partition coefficient (Wildman–Crippen LogP) is -1.68. The molecule has 1 aromatic heterocycles. The molecule has 2 aliphatic heterocycles. The summed E-state index contributed by atoms with van der Waals surface area (Å²) in [6, 6.07) is -7.43. The van der Waals surface area contributed by atoms with Crippen molar-refractivity contribution in [2.75, 3.05) is 18.8 Å². The summed E-state index contributed by atoms with van der Waals surface area (Å²) in [6.45, 7) is 14.1. The molecule has 3 unspecified atom stereocenters. The van der Waals surface area contributed by atoms with Crippen molar-refractivity contribution >= 4 is 100 Å². The Morgan fingerprint density at radius 1 is 0.660 bits per heavy atom. The van der Waals surface area contributed by atoms with Crippen molar-refractivity contribution in [3.05, 3.63) is 54.1 Å². The molecule has 1 saturated heterocycles. The number of hydrogen-bond acceptors (Lipinski definition) is 19. The Kier molecular flexibility index (Phi) is 35.1. The van der Waals surface area contributed by atoms with E-state index >= 15 is 0 Å². The van der Waals surface area contributed by atoms with Gasteiger partial charge in [-0.15, -0.1) is 11.8 Å². The summed E-state index contributed by atoms with van der Waals surface area (Å²) < 4.78 is 0. The lowest BCUT2D eigenvalue weighted by molar-refractivity contribution is -0.142. The zero-order valence-corrected chi connectivity index (χ0v) is 59.0. The van der Waals surface area contributed by atoms with Gasteiger partial charge in [-0.25, -0.2) is 4.98 Å². The minimum absolute atomic E-state index is 0.000843. The van der Waals surface area contributed by atoms with Crippen LogP contribution in [0.2, 0.25) is 0 Å². The van der Waals surface area contributed by atoms with Crippen LogP contribution in [-0.4, -0.2) is 199 Å². The van der Waals surface area contributed by atoms with Gasteiger partial charge in [0.15, 0.2) is 0 Å². The van der Waals surface area contributed by atoms with Crippen LogP contribution in [0.15, 0.2) is 47.8 Å². The fraction of sp³-hybridized carbons (Fsp3) is 0.636. The van der Waals surface area contributed by atoms with Gasteiger partial charge < -0.3 is 90.9 Å². The van der Waals surface area contributed by atoms with Crippen molar-refractivity contribution in [2.24, 2.45) is 45.9 Å². The standard InChI is InChI=1S/C66H103N17O16S/c1-9-35(6)52(69)66-81-48(32-100-66)63(97)76-43(26-34(4)5)59(93)74-42(22-23-50(85)86)58(92)83-53(36(7)10-2)64(98)75-40-20-15-16-25-71-55(89)46(29-49(68)84)78-62(96)47(30-51(87)88)79-61(95)45(28-39-31-70-33-72-39)77-60(94)44(27-38-18-13-12-14-19-38)80-65(99)54(37(8)11-3)82-57(91)41(21-17-24-67)73-56(40)90/h12-14,18-19,31,33-37,40-47,52-54,66H,9-11,15-17,20-30,32,67,69H2,1-8H3,(H2,68,84)(H,70,72)(H,71,89)(H,73,90)(H,74,93)(H,75,98)(H,76,97)(H,77,94)(H,78,96)(H,79,95)(H,80,99)(H,82,91)(H,83,92)(H,85,86)(H,87,88)/t35?,36-,37-,40-,41+,42+,43-,44+,45-,46-,47+,52?,53-,54-,66?/m0/s1. The lowest BCUT2D eigenvalue weighted by atomic mass is 9.96. The first kappa shape index (κ1) is 83.4. The summed E-state index contributed by atoms with van der Waals surface area (Å²) in [4.78, 5) is 207. The second kappa shape index (κ2) is 42.1. The van der Waals surface area contributed by atoms with E-state index in [0.29, 0.717) is 11.3 Å². The maximum Gasteiger partial charge on any atom is 0.305 e. The summed E-state index contributed by atoms with van der Waals surface area (Å²) >= 11 is 1.39. The minimum Gasteiger partial charge on any atom is -0.481 e. The van der Waals surface area contributed by atoms with Gasteiger partial charge in [0.25, 0.3) is 5.91 Å². The third kappa shape index (κ3) is 27.6. The number of carbonyl (C=O) groups excluding carboxylic acids is 12. The molecule has 0 aliphatic carbocycles. The number of benzene rings is 1. The molecule has 3 heterocycles. The number of imidazole rings is 1. The molecule has 0 spiro atoms. The molecule has 554 valence electrons. The van der Waals surface area contributed by atoms with Gasteiger partial charge in [-0.3, -0.25) is 72.1 Å². The molecule has 2 aliphatic rings. The lowest BCUT2D eigenvalue weighted by Crippen LogP contribution is -2.62. The van der Waals surface area contributed by atoms with Crippen molar-refractivity contribution in [3.63, 3.8) is 0 Å². The highest BCUT2D eigenvalue weighted by atomic mass is 32.2. The molecule has 15 atom stereocenters. The number of nitrogens with one attached hydrogen (secondary N) is 12. The molecule has 20 N–H and O–H groups in total. The monoisotopic (exact) mass is 1420 g/mol. The van der Waals surface area contributed by atoms with Crippen molar-refractivity contribution in [1.82, 2.24) is 68.5 Å². The first-order valence-corrected chi connectivity index (χ1v) is 35.1. The maximum atomic E-state index is 14.9. The van der Waals surface area contributed by atoms with Gasteiger partial charge in [0, 0.05) is 49.5 Å². The summed E-state index contributed by atoms with van der Waals surface area (Å²) in [5, 5.41) is 48.0. The number of aromatic amines is 1. The summed E-state index contributed by atoms with van der Waals surface area (Å²) in [5.74, 6) is -15.5. The van der Waals surface area contributed by atoms with Crippen LogP contribution in [0.3, 0.4) is 0 Å². The third-order valence-corrected chi connectivity index (χ3v) is 18.7. The summed E-state index contributed by atoms with van der Waals surface area (Å²) in [7, 11) is 0. The highest BCUT2D eigenvalue weighted by Crippen LogP contribution is 2.27. The number of aliphatic carboxylic acids is 2. The fourth-order valence-electron chi connectivity index (χ4n) is 10.9. The predicted molar refractivity (Wildman–Crippen MR) is 369 cm³/mol. The number of carboxylic acids is 2. The number of carbonyl (C=O) groups is 14. The normalized spacial score (nSPS) is 23.1. The smallest absolute Gasteiger partial charge is 0.305 e. The number of nitrogens with zero attached hydrogens (tertiary/aromatic N) is 2. The number of rotatable bonds is 31. The molecule has 0 radical (unpaired) electrons. The molecular weight excluding hydrogens is 1320 g/mol. The Balaban J connectivity index is 1.77. The summed E-state index contributed by atoms with van der Waals surface area (Å²) in [5.41, 5.74) is 18.9. The van der Waals surface area contributed by atoms with Gasteiger partial charge in [-0.2, -0.15) is 0 Å². The number of aromatic nitrogens is 2. The number of thioether (sulfide) groups is 1. The van der Waals surface area contributed by atoms with E-state index in [4.69, 9.17) is 17.2 Å². The van der Waals surface area contributed by atoms with Crippen molar-refractivity contribution < 1.29 is 77.3 Å². The molecule has 4 rings (SSSR count). The van der Waals surface area contributed by atoms with Crippen LogP contribution in [-0.2, 0) is 80.0 Å². The first-order chi connectivity index (χ1) is 47.4. The maximum absolute atomic E-state index is 14.9. The number of carboxylic acid groups (broad SMARTS) is 2. The van der Waals surface area contributed by atoms with Crippen LogP contribution >= 0.6 is 11.8 Å². The highest BCUT2D eigenvalue weighted by Gasteiger charge is 2.40. The number of hydrogen-bond donors (Lipinski definition) is 17. The van der Waals surface area contributed by atoms with E-state index in [1.54, 1.807) is 71.9 Å². The van der Waals surface area contributed by atoms with Crippen molar-refractivity contribution in [2.45, 2.75) is 224 Å². The number of nitrogens with two attached hydrogens (primary N) is 3. The van der Waals surface area contributed by atoms with Crippen LogP contribution in [0.4, 0.5) is 0 Å². The molecule has 34 heteroatoms. The van der Waals surface area contributed by atoms with Gasteiger partial charge >= 0.3 is 11.9 Å². The van der Waals surface area contributed by atoms with Crippen molar-refractivity contribution in [1.29, 1.82) is 0 Å². The Morgan fingerprint density at radius 2 is 1.26 bits per heavy atom. The van der Waals surface area contributed by atoms with E-state index < -0.39 is 186 Å². The SMILES string of the molecule is CCC(C)C(N)C1N=C(C(=O)N[C@@H](CC(C)C)C(=O)N[C@H](CCC(=O)O)C(=O)N[C@H](C(=O)N[C@H]2CCCCNC(=O)[C@H](CC(N)=O)NC(=O)[C@@H](CC(=O)O)NC(=O)[C@H](Cc3cnc[nH]3)NC(=O)[C@@H](Cc3ccccc3)NC(=O)[C@H]([C@@H](C)CC)NC(=O)[C@@H](CCCN)NC2=O)[C@@H](C)CC)CS1. The third-order valence-electron chi connectivity index (χ3n) is 17.5. The van der Waals surface area contributed by atoms with Crippen LogP contribution < -0.4 is 75.7 Å². The van der Waals surface area contributed by atoms with Gasteiger partial charge in [0.05, 0.1) is 19.2 Å². The van der Waals surface area contributed by atoms with E-state index in [1.165, 1.54) is 24.3 Å². The fourth-order valence-corrected chi connectivity index (χ4v) is 12.1. The zero-order valence-electron chi connectivity index (χ0n) is 58.2. The topological polar surface area (TPSA) is 531 Å². The number of primary amides is 1. The molecule has 0 bridgehead atoms. The average Bonchev–Trinajstić information content (AvgIpc) is 1.37. The Labute approximate surface area is 586 Å². The first-order valence-electron chi connectivity index (χ1n) is 34.1. The zero-order chi connectivity index (χ0) is 74.3. The highest BCUT2D eigenvalue weighted by molar-refractivity contribution is 8.01. The molecule has 12 amide bonds. The molecule has 33 nitrogen and oxygen atoms in total. The van der Waals surface area contributed by atoms with Crippen molar-refractivity contribution in [3.8, 4) is 0 Å². The largest absolute Gasteiger partial charge is 0.481 e. The molecule has 1 fully saturated rings. The van der Waals surface area contributed by atoms with E-state index in [9.17, 15) is 77.3 Å². The molecule has 100 heavy (non-hydrogen) atoms. The van der Waals surface area contributed by atoms with E-state index in [1.807, 2.05) is 13.8 Å². The summed E-state index contributed by atoms with van der Waals surface area (Å²) in [6.07, 6.45) is 0.367. The Morgan fingerprint density at radius 3 is 1.85 bits per heavy atom. The second-order valence-electron chi connectivity index (χ2n) is 26.0. The Hall–Kier alpha value is -9.05. The molecule has 2 aromatic rings. The molecular formula is C66H103N17O16S. The van der Waals surface area contributed by atoms with Gasteiger partial charge in [-0.05, 0) is 80.7 Å². The van der Waals surface area contributed by atoms with Gasteiger partial charge in [0.2, 0.25) is 65.0 Å². The minimum atomic E-state index is -1.94. The second-order valence-corrected chi connectivity index (χ2v) is 27.1. The number of aliphatic imine (C=N–C) groups is 1. The van der Waals surface area contributed by atoms with E-state index in [0.717, 1.165) is 6.42 Å². The molecule has 0 saturated carbocycles. The number of amides is 12. The number of H-pyrrole nitrogens is 1. The quantitative estimate of drug-likeness (QED) is 0.0401. The Bertz CT molecular complexity index is 3160. The van der Waals surface area contributed by atoms with Crippen LogP contribution in [0.1, 0.15) is 150 Å². The molecule has 1 aromatic carbocycles. The van der Waals surface area contributed by atoms with Crippen LogP contribution in [0, 0.1) is 23.7 Å². The van der Waals surface area contributed by atoms with E-state index in [2.05, 4.69) is 73.4 Å². The van der Waals surface area contributed by atoms with Gasteiger partial charge in [0.1, 0.15) is 71.5 Å². The lowest BCUT2D eigenvalue weighted by Gasteiger charge is -2.30. The van der Waals surface area contributed by atoms with E-state index in [-0.39, 0.29) is 107 Å². The van der Waals surface area contributed by atoms with Gasteiger partial charge in [-0.1, -0.05) is 105 Å². The average molecular weight is 1420 g/mol. The van der Waals surface area contributed by atoms with Crippen LogP contribution in [0.25, 0.3) is 0 Å².